The van der Waals surface area contributed by atoms with Crippen molar-refractivity contribution in [2.45, 2.75) is 24.2 Å². The number of amides is 1. The van der Waals surface area contributed by atoms with Gasteiger partial charge in [-0.1, -0.05) is 12.5 Å². The van der Waals surface area contributed by atoms with E-state index in [1.807, 2.05) is 0 Å². The van der Waals surface area contributed by atoms with E-state index in [0.29, 0.717) is 18.8 Å². The molecule has 0 saturated carbocycles. The number of nitrogens with one attached hydrogen (secondary N) is 1. The molecule has 3 rings (SSSR count). The highest BCUT2D eigenvalue weighted by molar-refractivity contribution is 7.89. The lowest BCUT2D eigenvalue weighted by atomic mass is 10.2. The van der Waals surface area contributed by atoms with Gasteiger partial charge in [-0.15, -0.1) is 0 Å². The topological polar surface area (TPSA) is 104 Å². The van der Waals surface area contributed by atoms with Gasteiger partial charge in [0.05, 0.1) is 10.5 Å². The van der Waals surface area contributed by atoms with Gasteiger partial charge < -0.3 is 10.4 Å². The summed E-state index contributed by atoms with van der Waals surface area (Å²) in [5.41, 5.74) is 0.703. The number of benzene rings is 2. The van der Waals surface area contributed by atoms with Gasteiger partial charge in [0.15, 0.2) is 0 Å². The Morgan fingerprint density at radius 1 is 0.926 bits per heavy atom. The van der Waals surface area contributed by atoms with Crippen molar-refractivity contribution >= 4 is 27.6 Å². The number of nitrogens with zero attached hydrogens (tertiary/aromatic N) is 1. The monoisotopic (exact) mass is 388 g/mol. The van der Waals surface area contributed by atoms with E-state index in [0.717, 1.165) is 19.3 Å². The highest BCUT2D eigenvalue weighted by Crippen LogP contribution is 2.21. The van der Waals surface area contributed by atoms with Crippen LogP contribution in [-0.4, -0.2) is 42.8 Å². The maximum absolute atomic E-state index is 12.6. The van der Waals surface area contributed by atoms with Crippen LogP contribution in [0, 0.1) is 0 Å². The summed E-state index contributed by atoms with van der Waals surface area (Å²) in [6.07, 6.45) is 2.75. The van der Waals surface area contributed by atoms with E-state index in [9.17, 15) is 18.0 Å². The largest absolute Gasteiger partial charge is 0.478 e. The van der Waals surface area contributed by atoms with Crippen molar-refractivity contribution in [3.63, 3.8) is 0 Å². The molecule has 7 nitrogen and oxygen atoms in total. The lowest BCUT2D eigenvalue weighted by molar-refractivity contribution is 0.0696. The molecule has 1 heterocycles. The highest BCUT2D eigenvalue weighted by Gasteiger charge is 2.25. The zero-order valence-electron chi connectivity index (χ0n) is 14.6. The first-order valence-corrected chi connectivity index (χ1v) is 10.1. The minimum atomic E-state index is -3.54. The Bertz CT molecular complexity index is 948. The second-order valence-electron chi connectivity index (χ2n) is 6.33. The third-order valence-electron chi connectivity index (χ3n) is 4.44. The van der Waals surface area contributed by atoms with Crippen LogP contribution in [0.5, 0.6) is 0 Å². The molecule has 1 saturated heterocycles. The van der Waals surface area contributed by atoms with Crippen LogP contribution >= 0.6 is 0 Å². The fourth-order valence-corrected chi connectivity index (χ4v) is 4.48. The number of rotatable bonds is 5. The molecule has 0 unspecified atom stereocenters. The van der Waals surface area contributed by atoms with E-state index in [4.69, 9.17) is 5.11 Å². The third kappa shape index (κ3) is 4.35. The number of carboxylic acid groups (broad SMARTS) is 1. The first-order valence-electron chi connectivity index (χ1n) is 8.63. The molecule has 27 heavy (non-hydrogen) atoms. The molecule has 2 aromatic carbocycles. The van der Waals surface area contributed by atoms with Crippen LogP contribution in [-0.2, 0) is 10.0 Å². The van der Waals surface area contributed by atoms with Gasteiger partial charge in [-0.2, -0.15) is 4.31 Å². The van der Waals surface area contributed by atoms with Crippen molar-refractivity contribution in [3.8, 4) is 0 Å². The number of carboxylic acids is 1. The van der Waals surface area contributed by atoms with E-state index in [2.05, 4.69) is 5.32 Å². The number of sulfonamides is 1. The molecule has 1 amide bonds. The average molecular weight is 388 g/mol. The van der Waals surface area contributed by atoms with E-state index < -0.39 is 21.9 Å². The molecule has 0 aliphatic carbocycles. The van der Waals surface area contributed by atoms with Crippen molar-refractivity contribution in [2.24, 2.45) is 0 Å². The van der Waals surface area contributed by atoms with Gasteiger partial charge in [0.1, 0.15) is 0 Å². The molecule has 1 aliphatic heterocycles. The SMILES string of the molecule is O=C(O)c1cccc(NC(=O)c2ccc(S(=O)(=O)N3CCCCC3)cc2)c1. The van der Waals surface area contributed by atoms with Crippen molar-refractivity contribution in [1.82, 2.24) is 4.31 Å². The Balaban J connectivity index is 1.74. The van der Waals surface area contributed by atoms with Crippen LogP contribution in [0.4, 0.5) is 5.69 Å². The summed E-state index contributed by atoms with van der Waals surface area (Å²) in [6.45, 7) is 1.04. The lowest BCUT2D eigenvalue weighted by Gasteiger charge is -2.25. The number of hydrogen-bond acceptors (Lipinski definition) is 4. The molecule has 1 aliphatic rings. The Labute approximate surface area is 157 Å². The number of carbonyl (C=O) groups excluding carboxylic acids is 1. The minimum Gasteiger partial charge on any atom is -0.478 e. The van der Waals surface area contributed by atoms with E-state index in [-0.39, 0.29) is 16.0 Å². The standard InChI is InChI=1S/C19H20N2O5S/c22-18(20-16-6-4-5-15(13-16)19(23)24)14-7-9-17(10-8-14)27(25,26)21-11-2-1-3-12-21/h4-10,13H,1-3,11-12H2,(H,20,22)(H,23,24). The zero-order chi connectivity index (χ0) is 19.4. The summed E-state index contributed by atoms with van der Waals surface area (Å²) in [6, 6.07) is 11.7. The van der Waals surface area contributed by atoms with Gasteiger partial charge >= 0.3 is 5.97 Å². The van der Waals surface area contributed by atoms with E-state index >= 15 is 0 Å². The maximum atomic E-state index is 12.6. The smallest absolute Gasteiger partial charge is 0.335 e. The average Bonchev–Trinajstić information content (AvgIpc) is 2.69. The van der Waals surface area contributed by atoms with Crippen LogP contribution in [0.25, 0.3) is 0 Å². The summed E-state index contributed by atoms with van der Waals surface area (Å²) in [7, 11) is -3.54. The molecular formula is C19H20N2O5S. The van der Waals surface area contributed by atoms with E-state index in [1.165, 1.54) is 46.8 Å². The molecule has 8 heteroatoms. The van der Waals surface area contributed by atoms with Crippen LogP contribution in [0.15, 0.2) is 53.4 Å². The summed E-state index contributed by atoms with van der Waals surface area (Å²) < 4.78 is 26.7. The van der Waals surface area contributed by atoms with Crippen molar-refractivity contribution in [2.75, 3.05) is 18.4 Å². The highest BCUT2D eigenvalue weighted by atomic mass is 32.2. The molecule has 142 valence electrons. The maximum Gasteiger partial charge on any atom is 0.335 e. The molecule has 0 spiro atoms. The van der Waals surface area contributed by atoms with Crippen LogP contribution in [0.1, 0.15) is 40.0 Å². The summed E-state index contributed by atoms with van der Waals surface area (Å²) in [4.78, 5) is 23.5. The van der Waals surface area contributed by atoms with Crippen molar-refractivity contribution < 1.29 is 23.1 Å². The van der Waals surface area contributed by atoms with Gasteiger partial charge in [-0.25, -0.2) is 13.2 Å². The van der Waals surface area contributed by atoms with Gasteiger partial charge in [0.25, 0.3) is 5.91 Å². The van der Waals surface area contributed by atoms with Gasteiger partial charge in [-0.3, -0.25) is 4.79 Å². The first-order chi connectivity index (χ1) is 12.9. The molecule has 1 fully saturated rings. The summed E-state index contributed by atoms with van der Waals surface area (Å²) in [5.74, 6) is -1.53. The number of piperidine rings is 1. The van der Waals surface area contributed by atoms with Gasteiger partial charge in [-0.05, 0) is 55.3 Å². The number of carbonyl (C=O) groups is 2. The fraction of sp³-hybridized carbons (Fsp3) is 0.263. The Morgan fingerprint density at radius 2 is 1.59 bits per heavy atom. The first kappa shape index (κ1) is 19.1. The normalized spacial score (nSPS) is 15.3. The van der Waals surface area contributed by atoms with Gasteiger partial charge in [0.2, 0.25) is 10.0 Å². The predicted molar refractivity (Wildman–Crippen MR) is 100 cm³/mol. The Hall–Kier alpha value is -2.71. The summed E-state index contributed by atoms with van der Waals surface area (Å²) in [5, 5.41) is 11.6. The predicted octanol–water partition coefficient (Wildman–Crippen LogP) is 2.81. The Morgan fingerprint density at radius 3 is 2.22 bits per heavy atom. The molecule has 0 radical (unpaired) electrons. The number of aromatic carboxylic acids is 1. The fourth-order valence-electron chi connectivity index (χ4n) is 2.97. The molecule has 0 atom stereocenters. The summed E-state index contributed by atoms with van der Waals surface area (Å²) >= 11 is 0. The van der Waals surface area contributed by atoms with Crippen LogP contribution in [0.3, 0.4) is 0 Å². The molecule has 0 bridgehead atoms. The number of hydrogen-bond donors (Lipinski definition) is 2. The molecule has 0 aromatic heterocycles. The minimum absolute atomic E-state index is 0.0655. The van der Waals surface area contributed by atoms with Crippen LogP contribution in [0.2, 0.25) is 0 Å². The van der Waals surface area contributed by atoms with Crippen molar-refractivity contribution in [1.29, 1.82) is 0 Å². The second kappa shape index (κ2) is 7.89. The Kier molecular flexibility index (Phi) is 5.57. The molecular weight excluding hydrogens is 368 g/mol. The quantitative estimate of drug-likeness (QED) is 0.820. The number of anilines is 1. The van der Waals surface area contributed by atoms with Gasteiger partial charge in [0, 0.05) is 24.3 Å². The molecule has 2 aromatic rings. The van der Waals surface area contributed by atoms with E-state index in [1.54, 1.807) is 6.07 Å². The lowest BCUT2D eigenvalue weighted by Crippen LogP contribution is -2.35. The van der Waals surface area contributed by atoms with Crippen LogP contribution < -0.4 is 5.32 Å². The molecule has 2 N–H and O–H groups in total. The van der Waals surface area contributed by atoms with Crippen molar-refractivity contribution in [3.05, 3.63) is 59.7 Å². The third-order valence-corrected chi connectivity index (χ3v) is 6.35. The zero-order valence-corrected chi connectivity index (χ0v) is 15.4. The second-order valence-corrected chi connectivity index (χ2v) is 8.27.